The summed E-state index contributed by atoms with van der Waals surface area (Å²) in [5.74, 6) is 2.09. The predicted octanol–water partition coefficient (Wildman–Crippen LogP) is 2.26. The topological polar surface area (TPSA) is 64.4 Å². The Bertz CT molecular complexity index is 558. The highest BCUT2D eigenvalue weighted by atomic mass is 19.1. The van der Waals surface area contributed by atoms with Crippen LogP contribution >= 0.6 is 0 Å². The molecule has 1 amide bonds. The van der Waals surface area contributed by atoms with Crippen molar-refractivity contribution in [1.29, 1.82) is 0 Å². The van der Waals surface area contributed by atoms with Gasteiger partial charge >= 0.3 is 0 Å². The van der Waals surface area contributed by atoms with E-state index in [1.54, 1.807) is 12.1 Å². The Balaban J connectivity index is 1.41. The molecule has 1 aliphatic heterocycles. The summed E-state index contributed by atoms with van der Waals surface area (Å²) in [5, 5.41) is 3.41. The molecule has 2 fully saturated rings. The lowest BCUT2D eigenvalue weighted by molar-refractivity contribution is -0.117. The number of hydrogen-bond donors (Lipinski definition) is 2. The third-order valence-electron chi connectivity index (χ3n) is 5.11. The van der Waals surface area contributed by atoms with Crippen LogP contribution in [0, 0.1) is 23.6 Å². The fraction of sp³-hybridized carbons (Fsp3) is 0.611. The van der Waals surface area contributed by atoms with Crippen LogP contribution in [0.4, 0.5) is 4.39 Å². The highest BCUT2D eigenvalue weighted by Crippen LogP contribution is 2.49. The zero-order valence-electron chi connectivity index (χ0n) is 13.4. The molecule has 0 aromatic heterocycles. The van der Waals surface area contributed by atoms with Crippen molar-refractivity contribution in [2.24, 2.45) is 23.5 Å². The molecular weight excluding hydrogens is 295 g/mol. The summed E-state index contributed by atoms with van der Waals surface area (Å²) in [6.45, 7) is 2.93. The Labute approximate surface area is 136 Å². The van der Waals surface area contributed by atoms with Gasteiger partial charge in [-0.1, -0.05) is 6.07 Å². The van der Waals surface area contributed by atoms with Gasteiger partial charge in [-0.3, -0.25) is 4.79 Å². The van der Waals surface area contributed by atoms with Crippen molar-refractivity contribution in [3.8, 4) is 5.75 Å². The van der Waals surface area contributed by atoms with Crippen molar-refractivity contribution in [2.45, 2.75) is 32.1 Å². The van der Waals surface area contributed by atoms with Crippen molar-refractivity contribution in [3.63, 3.8) is 0 Å². The number of benzene rings is 1. The lowest BCUT2D eigenvalue weighted by atomic mass is 9.91. The van der Waals surface area contributed by atoms with Crippen LogP contribution in [0.3, 0.4) is 0 Å². The van der Waals surface area contributed by atoms with Gasteiger partial charge in [0.1, 0.15) is 11.6 Å². The Kier molecular flexibility index (Phi) is 5.16. The molecule has 1 saturated carbocycles. The lowest BCUT2D eigenvalue weighted by Crippen LogP contribution is -2.29. The molecule has 1 aliphatic carbocycles. The molecular formula is C18H25FN2O2. The summed E-state index contributed by atoms with van der Waals surface area (Å²) in [7, 11) is 0. The second-order valence-corrected chi connectivity index (χ2v) is 6.78. The summed E-state index contributed by atoms with van der Waals surface area (Å²) in [6, 6.07) is 4.62. The zero-order valence-corrected chi connectivity index (χ0v) is 13.4. The van der Waals surface area contributed by atoms with Crippen LogP contribution in [0.25, 0.3) is 0 Å². The number of rotatable bonds is 7. The fourth-order valence-electron chi connectivity index (χ4n) is 3.73. The average Bonchev–Trinajstić information content (AvgIpc) is 3.30. The van der Waals surface area contributed by atoms with Gasteiger partial charge < -0.3 is 15.8 Å². The predicted molar refractivity (Wildman–Crippen MR) is 86.6 cm³/mol. The number of carbonyl (C=O) groups excluding carboxylic acids is 1. The molecule has 5 heteroatoms. The monoisotopic (exact) mass is 320 g/mol. The number of nitrogens with two attached hydrogens (primary N) is 1. The van der Waals surface area contributed by atoms with Gasteiger partial charge in [0, 0.05) is 6.07 Å². The van der Waals surface area contributed by atoms with Crippen LogP contribution in [-0.4, -0.2) is 25.6 Å². The van der Waals surface area contributed by atoms with Gasteiger partial charge in [-0.05, 0) is 68.2 Å². The van der Waals surface area contributed by atoms with Gasteiger partial charge in [0.15, 0.2) is 0 Å². The maximum absolute atomic E-state index is 13.8. The minimum absolute atomic E-state index is 0.0773. The van der Waals surface area contributed by atoms with E-state index >= 15 is 0 Å². The molecule has 126 valence electrons. The van der Waals surface area contributed by atoms with Gasteiger partial charge in [-0.25, -0.2) is 4.39 Å². The van der Waals surface area contributed by atoms with Crippen LogP contribution < -0.4 is 15.8 Å². The normalized spacial score (nSPS) is 24.4. The van der Waals surface area contributed by atoms with Crippen molar-refractivity contribution in [2.75, 3.05) is 19.7 Å². The highest BCUT2D eigenvalue weighted by molar-refractivity contribution is 5.76. The number of halogens is 1. The Morgan fingerprint density at radius 2 is 2.13 bits per heavy atom. The summed E-state index contributed by atoms with van der Waals surface area (Å²) in [6.07, 6.45) is 4.88. The minimum atomic E-state index is -0.532. The van der Waals surface area contributed by atoms with E-state index in [2.05, 4.69) is 5.32 Å². The summed E-state index contributed by atoms with van der Waals surface area (Å²) < 4.78 is 19.5. The van der Waals surface area contributed by atoms with Gasteiger partial charge in [-0.15, -0.1) is 0 Å². The van der Waals surface area contributed by atoms with E-state index in [-0.39, 0.29) is 6.42 Å². The standard InChI is InChI=1S/C18H25FN2O2/c19-17-11-15(2-1-14(17)10-18(20)22)23-8-5-13-9-16(13)12-3-6-21-7-4-12/h1-2,11-13,16,21H,3-10H2,(H2,20,22)/t13-,16-/m1/s1. The number of piperidine rings is 1. The molecule has 1 heterocycles. The van der Waals surface area contributed by atoms with E-state index in [0.717, 1.165) is 37.3 Å². The van der Waals surface area contributed by atoms with Crippen molar-refractivity contribution in [1.82, 2.24) is 5.32 Å². The molecule has 0 unspecified atom stereocenters. The van der Waals surface area contributed by atoms with Crippen molar-refractivity contribution in [3.05, 3.63) is 29.6 Å². The maximum Gasteiger partial charge on any atom is 0.221 e. The first-order valence-electron chi connectivity index (χ1n) is 8.53. The number of amides is 1. The van der Waals surface area contributed by atoms with Crippen LogP contribution in [0.2, 0.25) is 0 Å². The number of hydrogen-bond acceptors (Lipinski definition) is 3. The summed E-state index contributed by atoms with van der Waals surface area (Å²) in [5.41, 5.74) is 5.40. The Hall–Kier alpha value is -1.62. The molecule has 0 bridgehead atoms. The lowest BCUT2D eigenvalue weighted by Gasteiger charge is -2.22. The first-order chi connectivity index (χ1) is 11.1. The Morgan fingerprint density at radius 3 is 2.83 bits per heavy atom. The highest BCUT2D eigenvalue weighted by Gasteiger charge is 2.42. The first kappa shape index (κ1) is 16.2. The zero-order chi connectivity index (χ0) is 16.2. The maximum atomic E-state index is 13.8. The van der Waals surface area contributed by atoms with Crippen LogP contribution in [-0.2, 0) is 11.2 Å². The van der Waals surface area contributed by atoms with E-state index in [4.69, 9.17) is 10.5 Å². The Morgan fingerprint density at radius 1 is 1.35 bits per heavy atom. The van der Waals surface area contributed by atoms with E-state index in [0.29, 0.717) is 17.9 Å². The number of carbonyl (C=O) groups is 1. The van der Waals surface area contributed by atoms with E-state index in [1.165, 1.54) is 25.3 Å². The molecule has 1 aromatic rings. The fourth-order valence-corrected chi connectivity index (χ4v) is 3.73. The molecule has 1 aromatic carbocycles. The minimum Gasteiger partial charge on any atom is -0.493 e. The third kappa shape index (κ3) is 4.44. The number of nitrogens with one attached hydrogen (secondary N) is 1. The molecule has 0 radical (unpaired) electrons. The first-order valence-corrected chi connectivity index (χ1v) is 8.53. The second kappa shape index (κ2) is 7.30. The van der Waals surface area contributed by atoms with Gasteiger partial charge in [0.25, 0.3) is 0 Å². The smallest absolute Gasteiger partial charge is 0.221 e. The van der Waals surface area contributed by atoms with Crippen LogP contribution in [0.5, 0.6) is 5.75 Å². The molecule has 3 N–H and O–H groups in total. The summed E-state index contributed by atoms with van der Waals surface area (Å²) in [4.78, 5) is 10.8. The molecule has 2 aliphatic rings. The molecule has 1 saturated heterocycles. The molecule has 23 heavy (non-hydrogen) atoms. The quantitative estimate of drug-likeness (QED) is 0.810. The van der Waals surface area contributed by atoms with E-state index in [1.807, 2.05) is 0 Å². The van der Waals surface area contributed by atoms with E-state index < -0.39 is 11.7 Å². The molecule has 3 rings (SSSR count). The van der Waals surface area contributed by atoms with E-state index in [9.17, 15) is 9.18 Å². The largest absolute Gasteiger partial charge is 0.493 e. The molecule has 2 atom stereocenters. The van der Waals surface area contributed by atoms with Crippen LogP contribution in [0.1, 0.15) is 31.2 Å². The molecule has 0 spiro atoms. The SMILES string of the molecule is NC(=O)Cc1ccc(OCC[C@@H]2C[C@@H]2C2CCNCC2)cc1F. The van der Waals surface area contributed by atoms with Gasteiger partial charge in [-0.2, -0.15) is 0 Å². The van der Waals surface area contributed by atoms with Crippen molar-refractivity contribution >= 4 is 5.91 Å². The summed E-state index contributed by atoms with van der Waals surface area (Å²) >= 11 is 0. The van der Waals surface area contributed by atoms with Crippen molar-refractivity contribution < 1.29 is 13.9 Å². The van der Waals surface area contributed by atoms with Crippen LogP contribution in [0.15, 0.2) is 18.2 Å². The molecule has 4 nitrogen and oxygen atoms in total. The third-order valence-corrected chi connectivity index (χ3v) is 5.11. The number of primary amides is 1. The average molecular weight is 320 g/mol. The van der Waals surface area contributed by atoms with Gasteiger partial charge in [0.05, 0.1) is 13.0 Å². The number of ether oxygens (including phenoxy) is 1. The second-order valence-electron chi connectivity index (χ2n) is 6.78. The van der Waals surface area contributed by atoms with Gasteiger partial charge in [0.2, 0.25) is 5.91 Å².